The van der Waals surface area contributed by atoms with Crippen molar-refractivity contribution in [1.82, 2.24) is 14.9 Å². The van der Waals surface area contributed by atoms with E-state index in [0.717, 1.165) is 18.7 Å². The van der Waals surface area contributed by atoms with Crippen molar-refractivity contribution in [3.8, 4) is 6.19 Å². The summed E-state index contributed by atoms with van der Waals surface area (Å²) in [4.78, 5) is 9.75. The molecule has 60 valence electrons. The molecule has 0 N–H and O–H groups in total. The van der Waals surface area contributed by atoms with E-state index in [0.29, 0.717) is 6.54 Å². The highest BCUT2D eigenvalue weighted by Crippen LogP contribution is 2.13. The summed E-state index contributed by atoms with van der Waals surface area (Å²) in [5, 5.41) is 8.65. The molecule has 4 nitrogen and oxygen atoms in total. The second-order valence-electron chi connectivity index (χ2n) is 2.77. The van der Waals surface area contributed by atoms with Gasteiger partial charge in [0.25, 0.3) is 0 Å². The summed E-state index contributed by atoms with van der Waals surface area (Å²) in [6.07, 6.45) is 6.35. The van der Waals surface area contributed by atoms with E-state index in [1.165, 1.54) is 11.9 Å². The molecule has 1 aliphatic rings. The van der Waals surface area contributed by atoms with Gasteiger partial charge in [0, 0.05) is 12.7 Å². The van der Waals surface area contributed by atoms with Gasteiger partial charge in [-0.3, -0.25) is 0 Å². The average molecular weight is 160 g/mol. The van der Waals surface area contributed by atoms with Crippen molar-refractivity contribution in [2.45, 2.75) is 13.0 Å². The molecule has 0 atom stereocenters. The molecule has 1 aromatic heterocycles. The van der Waals surface area contributed by atoms with Crippen molar-refractivity contribution in [2.75, 3.05) is 6.54 Å². The van der Waals surface area contributed by atoms with Crippen LogP contribution in [0.2, 0.25) is 0 Å². The minimum Gasteiger partial charge on any atom is -0.304 e. The summed E-state index contributed by atoms with van der Waals surface area (Å²) in [7, 11) is 0. The monoisotopic (exact) mass is 160 g/mol. The third-order valence-electron chi connectivity index (χ3n) is 2.01. The van der Waals surface area contributed by atoms with Crippen LogP contribution in [0, 0.1) is 11.5 Å². The molecule has 0 saturated heterocycles. The standard InChI is InChI=1S/C8H8N4/c9-5-12-2-1-7-3-10-6-11-8(7)4-12/h3,6H,1-2,4H2. The number of hydrogen-bond donors (Lipinski definition) is 0. The highest BCUT2D eigenvalue weighted by atomic mass is 15.1. The van der Waals surface area contributed by atoms with Crippen LogP contribution in [0.4, 0.5) is 0 Å². The van der Waals surface area contributed by atoms with E-state index >= 15 is 0 Å². The van der Waals surface area contributed by atoms with E-state index in [1.807, 2.05) is 6.20 Å². The predicted molar refractivity (Wildman–Crippen MR) is 41.8 cm³/mol. The maximum absolute atomic E-state index is 8.65. The summed E-state index contributed by atoms with van der Waals surface area (Å²) >= 11 is 0. The Balaban J connectivity index is 2.30. The molecule has 1 aromatic rings. The second-order valence-corrected chi connectivity index (χ2v) is 2.77. The van der Waals surface area contributed by atoms with Gasteiger partial charge in [0.15, 0.2) is 6.19 Å². The molecule has 0 aliphatic carbocycles. The number of aromatic nitrogens is 2. The van der Waals surface area contributed by atoms with E-state index < -0.39 is 0 Å². The predicted octanol–water partition coefficient (Wildman–Crippen LogP) is 0.316. The lowest BCUT2D eigenvalue weighted by atomic mass is 10.1. The highest BCUT2D eigenvalue weighted by molar-refractivity contribution is 5.19. The van der Waals surface area contributed by atoms with Crippen molar-refractivity contribution in [1.29, 1.82) is 5.26 Å². The molecule has 0 saturated carbocycles. The summed E-state index contributed by atoms with van der Waals surface area (Å²) in [6, 6.07) is 0. The summed E-state index contributed by atoms with van der Waals surface area (Å²) < 4.78 is 0. The van der Waals surface area contributed by atoms with E-state index in [9.17, 15) is 0 Å². The normalized spacial score (nSPS) is 15.1. The zero-order chi connectivity index (χ0) is 8.39. The molecule has 0 radical (unpaired) electrons. The molecule has 0 fully saturated rings. The van der Waals surface area contributed by atoms with Crippen LogP contribution in [0.25, 0.3) is 0 Å². The Morgan fingerprint density at radius 1 is 1.58 bits per heavy atom. The van der Waals surface area contributed by atoms with Crippen LogP contribution in [0.1, 0.15) is 11.3 Å². The fourth-order valence-corrected chi connectivity index (χ4v) is 1.34. The summed E-state index contributed by atoms with van der Waals surface area (Å²) in [6.45, 7) is 1.42. The minimum absolute atomic E-state index is 0.633. The van der Waals surface area contributed by atoms with E-state index in [-0.39, 0.29) is 0 Å². The molecule has 12 heavy (non-hydrogen) atoms. The van der Waals surface area contributed by atoms with Crippen molar-refractivity contribution in [3.05, 3.63) is 23.8 Å². The third-order valence-corrected chi connectivity index (χ3v) is 2.01. The first-order valence-electron chi connectivity index (χ1n) is 3.82. The topological polar surface area (TPSA) is 52.8 Å². The Kier molecular flexibility index (Phi) is 1.63. The second kappa shape index (κ2) is 2.78. The number of nitrogens with zero attached hydrogens (tertiary/aromatic N) is 4. The maximum Gasteiger partial charge on any atom is 0.179 e. The number of rotatable bonds is 0. The molecule has 0 spiro atoms. The van der Waals surface area contributed by atoms with Gasteiger partial charge in [0.2, 0.25) is 0 Å². The Morgan fingerprint density at radius 3 is 3.33 bits per heavy atom. The van der Waals surface area contributed by atoms with Crippen molar-refractivity contribution in [2.24, 2.45) is 0 Å². The Bertz CT molecular complexity index is 328. The van der Waals surface area contributed by atoms with Crippen molar-refractivity contribution < 1.29 is 0 Å². The smallest absolute Gasteiger partial charge is 0.179 e. The Labute approximate surface area is 70.5 Å². The number of fused-ring (bicyclic) bond motifs is 1. The van der Waals surface area contributed by atoms with Crippen LogP contribution in [-0.2, 0) is 13.0 Å². The van der Waals surface area contributed by atoms with Gasteiger partial charge >= 0.3 is 0 Å². The van der Waals surface area contributed by atoms with Crippen molar-refractivity contribution in [3.63, 3.8) is 0 Å². The fraction of sp³-hybridized carbons (Fsp3) is 0.375. The van der Waals surface area contributed by atoms with Gasteiger partial charge in [-0.15, -0.1) is 0 Å². The first kappa shape index (κ1) is 7.04. The molecule has 0 amide bonds. The minimum atomic E-state index is 0.633. The van der Waals surface area contributed by atoms with Gasteiger partial charge in [-0.1, -0.05) is 0 Å². The molecule has 1 aliphatic heterocycles. The zero-order valence-corrected chi connectivity index (χ0v) is 6.56. The van der Waals surface area contributed by atoms with Gasteiger partial charge in [-0.05, 0) is 12.0 Å². The SMILES string of the molecule is N#CN1CCc2cncnc2C1. The molecule has 0 unspecified atom stereocenters. The molecule has 4 heteroatoms. The molecule has 0 bridgehead atoms. The van der Waals surface area contributed by atoms with E-state index in [2.05, 4.69) is 16.2 Å². The van der Waals surface area contributed by atoms with Crippen LogP contribution in [0.5, 0.6) is 0 Å². The maximum atomic E-state index is 8.65. The number of nitriles is 1. The van der Waals surface area contributed by atoms with Crippen LogP contribution in [0.15, 0.2) is 12.5 Å². The highest BCUT2D eigenvalue weighted by Gasteiger charge is 2.15. The van der Waals surface area contributed by atoms with Gasteiger partial charge in [0.1, 0.15) is 6.33 Å². The third kappa shape index (κ3) is 1.10. The van der Waals surface area contributed by atoms with Crippen molar-refractivity contribution >= 4 is 0 Å². The molecular formula is C8H8N4. The van der Waals surface area contributed by atoms with E-state index in [4.69, 9.17) is 5.26 Å². The zero-order valence-electron chi connectivity index (χ0n) is 6.56. The lowest BCUT2D eigenvalue weighted by Crippen LogP contribution is -2.26. The van der Waals surface area contributed by atoms with Gasteiger partial charge < -0.3 is 4.90 Å². The average Bonchev–Trinajstić information content (AvgIpc) is 2.17. The number of hydrogen-bond acceptors (Lipinski definition) is 4. The quantitative estimate of drug-likeness (QED) is 0.513. The largest absolute Gasteiger partial charge is 0.304 e. The Hall–Kier alpha value is -1.63. The lowest BCUT2D eigenvalue weighted by molar-refractivity contribution is 0.361. The molecular weight excluding hydrogens is 152 g/mol. The van der Waals surface area contributed by atoms with Gasteiger partial charge in [0.05, 0.1) is 12.2 Å². The lowest BCUT2D eigenvalue weighted by Gasteiger charge is -2.21. The fourth-order valence-electron chi connectivity index (χ4n) is 1.34. The summed E-state index contributed by atoms with van der Waals surface area (Å²) in [5.74, 6) is 0. The first-order chi connectivity index (χ1) is 5.90. The van der Waals surface area contributed by atoms with E-state index in [1.54, 1.807) is 4.90 Å². The molecule has 2 rings (SSSR count). The molecule has 0 aromatic carbocycles. The Morgan fingerprint density at radius 2 is 2.50 bits per heavy atom. The van der Waals surface area contributed by atoms with Crippen LogP contribution in [0.3, 0.4) is 0 Å². The van der Waals surface area contributed by atoms with Crippen LogP contribution in [-0.4, -0.2) is 21.4 Å². The first-order valence-corrected chi connectivity index (χ1v) is 3.82. The van der Waals surface area contributed by atoms with Gasteiger partial charge in [-0.25, -0.2) is 9.97 Å². The summed E-state index contributed by atoms with van der Waals surface area (Å²) in [5.41, 5.74) is 2.15. The van der Waals surface area contributed by atoms with Gasteiger partial charge in [-0.2, -0.15) is 5.26 Å². The van der Waals surface area contributed by atoms with Crippen LogP contribution >= 0.6 is 0 Å². The molecule has 2 heterocycles. The van der Waals surface area contributed by atoms with Crippen LogP contribution < -0.4 is 0 Å².